The number of aliphatic hydroxyl groups is 1. The highest BCUT2D eigenvalue weighted by molar-refractivity contribution is 5.94. The fourth-order valence-corrected chi connectivity index (χ4v) is 2.46. The van der Waals surface area contributed by atoms with Gasteiger partial charge in [-0.2, -0.15) is 0 Å². The van der Waals surface area contributed by atoms with Crippen LogP contribution < -0.4 is 5.32 Å². The van der Waals surface area contributed by atoms with Crippen LogP contribution in [0.5, 0.6) is 0 Å². The van der Waals surface area contributed by atoms with Gasteiger partial charge in [-0.3, -0.25) is 14.5 Å². The van der Waals surface area contributed by atoms with Crippen LogP contribution in [-0.2, 0) is 16.1 Å². The second-order valence-corrected chi connectivity index (χ2v) is 5.73. The van der Waals surface area contributed by atoms with E-state index < -0.39 is 17.9 Å². The van der Waals surface area contributed by atoms with Crippen molar-refractivity contribution in [2.24, 2.45) is 5.92 Å². The summed E-state index contributed by atoms with van der Waals surface area (Å²) in [5.41, 5.74) is 1.34. The quantitative estimate of drug-likeness (QED) is 0.444. The van der Waals surface area contributed by atoms with Crippen LogP contribution in [0.15, 0.2) is 42.5 Å². The highest BCUT2D eigenvalue weighted by Crippen LogP contribution is 2.07. The number of aliphatic hydroxyl groups excluding tert-OH is 1. The average Bonchev–Trinajstić information content (AvgIpc) is 2.60. The number of carbonyl (C=O) groups is 2. The van der Waals surface area contributed by atoms with E-state index in [0.717, 1.165) is 32.3 Å². The minimum absolute atomic E-state index is 0.227. The van der Waals surface area contributed by atoms with Crippen molar-refractivity contribution in [3.63, 3.8) is 0 Å². The molecule has 0 saturated carbocycles. The third kappa shape index (κ3) is 7.93. The van der Waals surface area contributed by atoms with Crippen molar-refractivity contribution in [1.29, 1.82) is 0 Å². The molecule has 7 heteroatoms. The zero-order valence-corrected chi connectivity index (χ0v) is 14.3. The molecule has 1 unspecified atom stereocenters. The zero-order chi connectivity index (χ0) is 18.7. The van der Waals surface area contributed by atoms with E-state index in [2.05, 4.69) is 34.5 Å². The second kappa shape index (κ2) is 11.4. The molecule has 0 aliphatic carbocycles. The molecule has 1 heterocycles. The molecule has 1 fully saturated rings. The van der Waals surface area contributed by atoms with Crippen LogP contribution in [0.25, 0.3) is 0 Å². The number of benzene rings is 1. The summed E-state index contributed by atoms with van der Waals surface area (Å²) >= 11 is 0. The number of carboxylic acid groups (broad SMARTS) is 2. The molecule has 0 spiro atoms. The molecule has 1 aromatic rings. The lowest BCUT2D eigenvalue weighted by Crippen LogP contribution is -2.51. The molecule has 138 valence electrons. The Morgan fingerprint density at radius 1 is 1.28 bits per heavy atom. The number of nitrogens with one attached hydrogen (secondary N) is 1. The lowest BCUT2D eigenvalue weighted by atomic mass is 10.1. The normalized spacial score (nSPS) is 18.0. The molecule has 1 aliphatic heterocycles. The van der Waals surface area contributed by atoms with E-state index >= 15 is 0 Å². The van der Waals surface area contributed by atoms with E-state index in [4.69, 9.17) is 15.3 Å². The molecule has 4 N–H and O–H groups in total. The second-order valence-electron chi connectivity index (χ2n) is 5.73. The molecule has 1 saturated heterocycles. The van der Waals surface area contributed by atoms with Gasteiger partial charge in [0.15, 0.2) is 5.92 Å². The van der Waals surface area contributed by atoms with Gasteiger partial charge in [0.2, 0.25) is 0 Å². The largest absolute Gasteiger partial charge is 0.480 e. The van der Waals surface area contributed by atoms with Gasteiger partial charge >= 0.3 is 11.9 Å². The van der Waals surface area contributed by atoms with Gasteiger partial charge in [-0.25, -0.2) is 0 Å². The molecule has 7 nitrogen and oxygen atoms in total. The molecular weight excluding hydrogens is 324 g/mol. The molecular formula is C18H26N2O5. The van der Waals surface area contributed by atoms with E-state index in [9.17, 15) is 9.59 Å². The highest BCUT2D eigenvalue weighted by atomic mass is 16.4. The number of nitrogens with zero attached hydrogens (tertiary/aromatic N) is 1. The van der Waals surface area contributed by atoms with E-state index in [1.807, 2.05) is 6.07 Å². The molecule has 1 atom stereocenters. The third-order valence-corrected chi connectivity index (χ3v) is 3.73. The first kappa shape index (κ1) is 20.8. The number of rotatable bonds is 6. The van der Waals surface area contributed by atoms with Crippen LogP contribution >= 0.6 is 0 Å². The Morgan fingerprint density at radius 3 is 2.40 bits per heavy atom. The summed E-state index contributed by atoms with van der Waals surface area (Å²) in [7, 11) is 0. The van der Waals surface area contributed by atoms with Crippen molar-refractivity contribution in [3.05, 3.63) is 48.0 Å². The van der Waals surface area contributed by atoms with E-state index in [1.54, 1.807) is 6.92 Å². The van der Waals surface area contributed by atoms with Crippen LogP contribution in [0.3, 0.4) is 0 Å². The Hall–Kier alpha value is -2.22. The predicted molar refractivity (Wildman–Crippen MR) is 94.2 cm³/mol. The highest BCUT2D eigenvalue weighted by Gasteiger charge is 2.21. The van der Waals surface area contributed by atoms with Crippen molar-refractivity contribution in [2.75, 3.05) is 26.2 Å². The Morgan fingerprint density at radius 2 is 1.92 bits per heavy atom. The Labute approximate surface area is 147 Å². The van der Waals surface area contributed by atoms with Gasteiger partial charge in [0.1, 0.15) is 0 Å². The van der Waals surface area contributed by atoms with Crippen molar-refractivity contribution in [2.45, 2.75) is 19.5 Å². The summed E-state index contributed by atoms with van der Waals surface area (Å²) in [6.45, 7) is 5.75. The maximum absolute atomic E-state index is 10.1. The maximum Gasteiger partial charge on any atom is 0.321 e. The predicted octanol–water partition coefficient (Wildman–Crippen LogP) is 0.801. The third-order valence-electron chi connectivity index (χ3n) is 3.73. The molecule has 25 heavy (non-hydrogen) atoms. The number of allylic oxidation sites excluding steroid dienone is 1. The van der Waals surface area contributed by atoms with Crippen molar-refractivity contribution < 1.29 is 24.9 Å². The van der Waals surface area contributed by atoms with Gasteiger partial charge in [0, 0.05) is 32.2 Å². The van der Waals surface area contributed by atoms with Crippen molar-refractivity contribution in [1.82, 2.24) is 10.2 Å². The number of carboxylic acids is 2. The first-order valence-corrected chi connectivity index (χ1v) is 8.16. The van der Waals surface area contributed by atoms with Gasteiger partial charge in [0.05, 0.1) is 6.61 Å². The number of hydrogen-bond donors (Lipinski definition) is 4. The molecule has 0 bridgehead atoms. The minimum Gasteiger partial charge on any atom is -0.480 e. The molecule has 2 rings (SSSR count). The molecule has 1 aliphatic rings. The molecule has 0 radical (unpaired) electrons. The Balaban J connectivity index is 0.000000275. The van der Waals surface area contributed by atoms with Crippen LogP contribution in [0.4, 0.5) is 0 Å². The van der Waals surface area contributed by atoms with Gasteiger partial charge in [-0.15, -0.1) is 0 Å². The lowest BCUT2D eigenvalue weighted by Gasteiger charge is -2.32. The van der Waals surface area contributed by atoms with Gasteiger partial charge in [-0.1, -0.05) is 42.5 Å². The van der Waals surface area contributed by atoms with Crippen LogP contribution in [0, 0.1) is 5.92 Å². The topological polar surface area (TPSA) is 110 Å². The summed E-state index contributed by atoms with van der Waals surface area (Å²) in [6, 6.07) is 10.7. The first-order valence-electron chi connectivity index (χ1n) is 8.16. The van der Waals surface area contributed by atoms with Crippen molar-refractivity contribution >= 4 is 11.9 Å². The van der Waals surface area contributed by atoms with E-state index in [0.29, 0.717) is 0 Å². The smallest absolute Gasteiger partial charge is 0.321 e. The van der Waals surface area contributed by atoms with E-state index in [1.165, 1.54) is 11.6 Å². The summed E-state index contributed by atoms with van der Waals surface area (Å²) in [4.78, 5) is 22.6. The average molecular weight is 350 g/mol. The van der Waals surface area contributed by atoms with E-state index in [-0.39, 0.29) is 12.6 Å². The van der Waals surface area contributed by atoms with Crippen LogP contribution in [0.1, 0.15) is 12.5 Å². The standard InChI is InChI=1S/C12H18N2O.C6H8O4/c15-10-12-9-14(7-6-13-12)8-11-4-2-1-3-5-11;1-2-3-4(5(7)8)6(9)10/h1-5,12-13,15H,6-10H2;2-4H,1H3,(H,7,8)(H,9,10)/b;3-2+. The summed E-state index contributed by atoms with van der Waals surface area (Å²) in [5.74, 6) is -4.10. The van der Waals surface area contributed by atoms with Crippen LogP contribution in [0.2, 0.25) is 0 Å². The number of piperazine rings is 1. The first-order chi connectivity index (χ1) is 12.0. The van der Waals surface area contributed by atoms with Gasteiger partial charge in [-0.05, 0) is 12.5 Å². The molecule has 0 aromatic heterocycles. The number of hydrogen-bond acceptors (Lipinski definition) is 5. The SMILES string of the molecule is C/C=C/C(C(=O)O)C(=O)O.OCC1CN(Cc2ccccc2)CCN1. The lowest BCUT2D eigenvalue weighted by molar-refractivity contribution is -0.151. The van der Waals surface area contributed by atoms with Crippen LogP contribution in [-0.4, -0.2) is 64.4 Å². The molecule has 0 amide bonds. The maximum atomic E-state index is 10.1. The fraction of sp³-hybridized carbons (Fsp3) is 0.444. The zero-order valence-electron chi connectivity index (χ0n) is 14.3. The molecule has 1 aromatic carbocycles. The number of aliphatic carboxylic acids is 2. The summed E-state index contributed by atoms with van der Waals surface area (Å²) < 4.78 is 0. The van der Waals surface area contributed by atoms with Gasteiger partial charge in [0.25, 0.3) is 0 Å². The summed E-state index contributed by atoms with van der Waals surface area (Å²) in [5, 5.41) is 28.9. The fourth-order valence-electron chi connectivity index (χ4n) is 2.46. The Kier molecular flexibility index (Phi) is 9.46. The summed E-state index contributed by atoms with van der Waals surface area (Å²) in [6.07, 6.45) is 2.51. The van der Waals surface area contributed by atoms with Crippen molar-refractivity contribution in [3.8, 4) is 0 Å². The minimum atomic E-state index is -1.41. The Bertz CT molecular complexity index is 548. The monoisotopic (exact) mass is 350 g/mol. The van der Waals surface area contributed by atoms with Gasteiger partial charge < -0.3 is 20.6 Å².